The third kappa shape index (κ3) is 3.51. The number of allylic oxidation sites excluding steroid dienone is 2. The van der Waals surface area contributed by atoms with Crippen molar-refractivity contribution in [2.24, 2.45) is 0 Å². The summed E-state index contributed by atoms with van der Waals surface area (Å²) in [4.78, 5) is 4.49. The highest BCUT2D eigenvalue weighted by Crippen LogP contribution is 2.10. The lowest BCUT2D eigenvalue weighted by atomic mass is 10.1. The van der Waals surface area contributed by atoms with Crippen molar-refractivity contribution in [3.8, 4) is 0 Å². The Morgan fingerprint density at radius 2 is 2.17 bits per heavy atom. The molecule has 3 rings (SSSR count). The number of pyridine rings is 1. The number of fused-ring (bicyclic) bond motifs is 1. The lowest BCUT2D eigenvalue weighted by Gasteiger charge is -2.11. The summed E-state index contributed by atoms with van der Waals surface area (Å²) in [5.41, 5.74) is 4.10. The normalized spacial score (nSPS) is 13.1. The van der Waals surface area contributed by atoms with Crippen molar-refractivity contribution in [3.63, 3.8) is 0 Å². The van der Waals surface area contributed by atoms with E-state index in [1.807, 2.05) is 19.3 Å². The Hall–Kier alpha value is -2.13. The monoisotopic (exact) mass is 321 g/mol. The number of nitrogens with one attached hydrogen (secondary N) is 1. The van der Waals surface area contributed by atoms with Gasteiger partial charge in [0.15, 0.2) is 0 Å². The Labute approximate surface area is 144 Å². The van der Waals surface area contributed by atoms with E-state index >= 15 is 0 Å². The van der Waals surface area contributed by atoms with Gasteiger partial charge < -0.3 is 9.88 Å². The van der Waals surface area contributed by atoms with Crippen LogP contribution in [0.1, 0.15) is 36.7 Å². The summed E-state index contributed by atoms with van der Waals surface area (Å²) >= 11 is 0. The van der Waals surface area contributed by atoms with E-state index < -0.39 is 0 Å². The van der Waals surface area contributed by atoms with E-state index in [1.54, 1.807) is 0 Å². The number of hydrogen-bond acceptors (Lipinski definition) is 2. The molecule has 0 saturated carbocycles. The second-order valence-corrected chi connectivity index (χ2v) is 6.26. The second-order valence-electron chi connectivity index (χ2n) is 6.26. The molecule has 126 valence electrons. The van der Waals surface area contributed by atoms with Crippen LogP contribution in [-0.4, -0.2) is 16.6 Å². The first-order valence-corrected chi connectivity index (χ1v) is 8.97. The van der Waals surface area contributed by atoms with E-state index in [0.717, 1.165) is 38.0 Å². The Bertz CT molecular complexity index is 813. The Kier molecular flexibility index (Phi) is 5.65. The van der Waals surface area contributed by atoms with Gasteiger partial charge in [0.25, 0.3) is 0 Å². The summed E-state index contributed by atoms with van der Waals surface area (Å²) < 4.78 is 2.53. The standard InChI is InChI=1S/C21H27N3/c1-3-9-20-19(16-22-2)18-11-5-4-6-12-21(18)24(20)15-13-17-10-7-8-14-23-17/h4-5,7-8,10-12,14,22H,3,6,9,13,15-16H2,1-2H3. The van der Waals surface area contributed by atoms with Gasteiger partial charge in [-0.05, 0) is 37.6 Å². The first-order valence-electron chi connectivity index (χ1n) is 8.97. The average Bonchev–Trinajstić information content (AvgIpc) is 2.77. The Balaban J connectivity index is 2.05. The molecule has 2 heterocycles. The van der Waals surface area contributed by atoms with Gasteiger partial charge in [-0.3, -0.25) is 4.98 Å². The molecule has 3 nitrogen and oxygen atoms in total. The maximum Gasteiger partial charge on any atom is 0.0448 e. The van der Waals surface area contributed by atoms with Crippen molar-refractivity contribution in [1.82, 2.24) is 14.9 Å². The van der Waals surface area contributed by atoms with Gasteiger partial charge in [0.2, 0.25) is 0 Å². The number of nitrogens with zero attached hydrogens (tertiary/aromatic N) is 2. The van der Waals surface area contributed by atoms with E-state index in [2.05, 4.69) is 58.2 Å². The summed E-state index contributed by atoms with van der Waals surface area (Å²) in [6, 6.07) is 6.17. The van der Waals surface area contributed by atoms with E-state index in [9.17, 15) is 0 Å². The molecule has 0 spiro atoms. The number of aryl methyl sites for hydroxylation is 1. The lowest BCUT2D eigenvalue weighted by molar-refractivity contribution is 0.626. The zero-order valence-electron chi connectivity index (χ0n) is 14.8. The molecule has 2 aromatic heterocycles. The van der Waals surface area contributed by atoms with Gasteiger partial charge in [-0.1, -0.05) is 43.7 Å². The van der Waals surface area contributed by atoms with Crippen LogP contribution < -0.4 is 15.9 Å². The van der Waals surface area contributed by atoms with Crippen LogP contribution in [0.25, 0.3) is 12.2 Å². The minimum absolute atomic E-state index is 0.923. The third-order valence-corrected chi connectivity index (χ3v) is 4.57. The Morgan fingerprint density at radius 1 is 1.25 bits per heavy atom. The smallest absolute Gasteiger partial charge is 0.0448 e. The van der Waals surface area contributed by atoms with Gasteiger partial charge in [0.1, 0.15) is 0 Å². The second kappa shape index (κ2) is 8.11. The van der Waals surface area contributed by atoms with Crippen LogP contribution in [-0.2, 0) is 25.9 Å². The van der Waals surface area contributed by atoms with Crippen molar-refractivity contribution in [3.05, 3.63) is 64.1 Å². The van der Waals surface area contributed by atoms with Gasteiger partial charge in [0, 0.05) is 47.7 Å². The zero-order valence-corrected chi connectivity index (χ0v) is 14.8. The molecule has 2 aromatic rings. The summed E-state index contributed by atoms with van der Waals surface area (Å²) in [5.74, 6) is 0. The predicted molar refractivity (Wildman–Crippen MR) is 101 cm³/mol. The topological polar surface area (TPSA) is 29.9 Å². The highest BCUT2D eigenvalue weighted by Gasteiger charge is 2.14. The SMILES string of the molecule is CCCc1c(CNC)c2c(n1CCc1ccccn1)=CCC=CC=2. The molecule has 3 heteroatoms. The summed E-state index contributed by atoms with van der Waals surface area (Å²) in [6.45, 7) is 4.17. The van der Waals surface area contributed by atoms with Crippen LogP contribution in [0.3, 0.4) is 0 Å². The number of hydrogen-bond donors (Lipinski definition) is 1. The van der Waals surface area contributed by atoms with Gasteiger partial charge >= 0.3 is 0 Å². The summed E-state index contributed by atoms with van der Waals surface area (Å²) in [7, 11) is 2.03. The Morgan fingerprint density at radius 3 is 2.92 bits per heavy atom. The summed E-state index contributed by atoms with van der Waals surface area (Å²) in [5, 5.41) is 6.13. The molecule has 1 aliphatic carbocycles. The van der Waals surface area contributed by atoms with Crippen molar-refractivity contribution < 1.29 is 0 Å². The van der Waals surface area contributed by atoms with Crippen LogP contribution in [0.5, 0.6) is 0 Å². The zero-order chi connectivity index (χ0) is 16.8. The third-order valence-electron chi connectivity index (χ3n) is 4.57. The molecule has 0 amide bonds. The van der Waals surface area contributed by atoms with E-state index in [4.69, 9.17) is 0 Å². The van der Waals surface area contributed by atoms with E-state index in [-0.39, 0.29) is 0 Å². The molecule has 24 heavy (non-hydrogen) atoms. The largest absolute Gasteiger partial charge is 0.344 e. The molecule has 0 atom stereocenters. The van der Waals surface area contributed by atoms with Crippen molar-refractivity contribution in [1.29, 1.82) is 0 Å². The highest BCUT2D eigenvalue weighted by atomic mass is 15.0. The van der Waals surface area contributed by atoms with E-state index in [0.29, 0.717) is 0 Å². The van der Waals surface area contributed by atoms with Crippen LogP contribution in [0.4, 0.5) is 0 Å². The fraction of sp³-hybridized carbons (Fsp3) is 0.381. The molecule has 1 aliphatic rings. The van der Waals surface area contributed by atoms with Crippen molar-refractivity contribution in [2.45, 2.75) is 45.7 Å². The minimum atomic E-state index is 0.923. The first-order chi connectivity index (χ1) is 11.8. The van der Waals surface area contributed by atoms with Crippen LogP contribution in [0, 0.1) is 0 Å². The fourth-order valence-electron chi connectivity index (χ4n) is 3.52. The molecular formula is C21H27N3. The molecular weight excluding hydrogens is 294 g/mol. The van der Waals surface area contributed by atoms with E-state index in [1.165, 1.54) is 28.2 Å². The molecule has 0 aliphatic heterocycles. The van der Waals surface area contributed by atoms with Crippen LogP contribution in [0.15, 0.2) is 36.5 Å². The predicted octanol–water partition coefficient (Wildman–Crippen LogP) is 2.32. The fourth-order valence-corrected chi connectivity index (χ4v) is 3.52. The molecule has 0 radical (unpaired) electrons. The maximum absolute atomic E-state index is 4.49. The molecule has 0 aromatic carbocycles. The highest BCUT2D eigenvalue weighted by molar-refractivity contribution is 5.48. The van der Waals surface area contributed by atoms with Gasteiger partial charge in [-0.25, -0.2) is 0 Å². The van der Waals surface area contributed by atoms with Crippen LogP contribution in [0.2, 0.25) is 0 Å². The van der Waals surface area contributed by atoms with Gasteiger partial charge in [-0.2, -0.15) is 0 Å². The maximum atomic E-state index is 4.49. The molecule has 0 fully saturated rings. The minimum Gasteiger partial charge on any atom is -0.344 e. The number of rotatable bonds is 7. The van der Waals surface area contributed by atoms with Crippen molar-refractivity contribution in [2.75, 3.05) is 7.05 Å². The van der Waals surface area contributed by atoms with Crippen molar-refractivity contribution >= 4 is 12.2 Å². The molecule has 0 unspecified atom stereocenters. The molecule has 0 saturated heterocycles. The lowest BCUT2D eigenvalue weighted by Crippen LogP contribution is -2.31. The van der Waals surface area contributed by atoms with Gasteiger partial charge in [0.05, 0.1) is 0 Å². The van der Waals surface area contributed by atoms with Crippen LogP contribution >= 0.6 is 0 Å². The first kappa shape index (κ1) is 16.7. The summed E-state index contributed by atoms with van der Waals surface area (Å²) in [6.07, 6.45) is 15.2. The number of aromatic nitrogens is 2. The molecule has 1 N–H and O–H groups in total. The average molecular weight is 321 g/mol. The molecule has 0 bridgehead atoms. The quantitative estimate of drug-likeness (QED) is 0.848. The van der Waals surface area contributed by atoms with Gasteiger partial charge in [-0.15, -0.1) is 0 Å².